The van der Waals surface area contributed by atoms with Crippen LogP contribution in [0.2, 0.25) is 0 Å². The van der Waals surface area contributed by atoms with Crippen LogP contribution in [0.4, 0.5) is 0 Å². The molecular weight excluding hydrogens is 458 g/mol. The molecular formula is C27H27N5O2S. The van der Waals surface area contributed by atoms with Gasteiger partial charge in [-0.05, 0) is 42.3 Å². The van der Waals surface area contributed by atoms with Gasteiger partial charge in [0.25, 0.3) is 0 Å². The molecule has 0 spiro atoms. The number of fused-ring (bicyclic) bond motifs is 1. The molecule has 3 aliphatic rings. The second-order valence-electron chi connectivity index (χ2n) is 9.32. The van der Waals surface area contributed by atoms with Crippen LogP contribution >= 0.6 is 11.3 Å². The summed E-state index contributed by atoms with van der Waals surface area (Å²) in [5.74, 6) is 5.77. The van der Waals surface area contributed by atoms with Gasteiger partial charge in [-0.3, -0.25) is 19.5 Å². The van der Waals surface area contributed by atoms with Gasteiger partial charge in [-0.2, -0.15) is 0 Å². The number of hydrogen-bond acceptors (Lipinski definition) is 6. The molecule has 1 saturated heterocycles. The molecule has 2 N–H and O–H groups in total. The van der Waals surface area contributed by atoms with Crippen molar-refractivity contribution in [3.63, 3.8) is 0 Å². The van der Waals surface area contributed by atoms with Crippen molar-refractivity contribution in [2.75, 3.05) is 20.1 Å². The zero-order valence-corrected chi connectivity index (χ0v) is 20.8. The Morgan fingerprint density at radius 1 is 1.29 bits per heavy atom. The molecule has 4 heterocycles. The van der Waals surface area contributed by atoms with Gasteiger partial charge < -0.3 is 10.6 Å². The highest BCUT2D eigenvalue weighted by Crippen LogP contribution is 2.47. The summed E-state index contributed by atoms with van der Waals surface area (Å²) in [5, 5.41) is 2.04. The molecule has 178 valence electrons. The standard InChI is InChI=1S/C27H27N5O2S/c1-4-6-18-10-20(13-29-12-18)21-11-23(35-15-21)27-16-32(24(33)19-8-5-7-17(2)9-19)14-22(27)25(34)31(3)26(28)30-27/h5,7-8,10-13,15,17,22H,9,14,16H2,1-3H3,(H2,28,30)/t17?,22?,27-/m0/s1. The Labute approximate surface area is 209 Å². The number of pyridine rings is 1. The molecule has 2 aromatic heterocycles. The summed E-state index contributed by atoms with van der Waals surface area (Å²) in [6.45, 7) is 4.51. The first-order chi connectivity index (χ1) is 16.8. The molecule has 2 amide bonds. The number of allylic oxidation sites excluding steroid dienone is 3. The molecule has 0 radical (unpaired) electrons. The topological polar surface area (TPSA) is 91.9 Å². The third-order valence-corrected chi connectivity index (χ3v) is 8.00. The van der Waals surface area contributed by atoms with Gasteiger partial charge in [-0.25, -0.2) is 4.99 Å². The molecule has 2 aromatic rings. The largest absolute Gasteiger partial charge is 0.369 e. The number of likely N-dealkylation sites (tertiary alicyclic amines) is 1. The molecule has 0 aromatic carbocycles. The van der Waals surface area contributed by atoms with Crippen molar-refractivity contribution in [3.8, 4) is 23.0 Å². The summed E-state index contributed by atoms with van der Waals surface area (Å²) in [6.07, 6.45) is 10.1. The summed E-state index contributed by atoms with van der Waals surface area (Å²) >= 11 is 1.53. The predicted molar refractivity (Wildman–Crippen MR) is 137 cm³/mol. The van der Waals surface area contributed by atoms with Gasteiger partial charge in [-0.15, -0.1) is 17.3 Å². The van der Waals surface area contributed by atoms with Crippen molar-refractivity contribution in [2.45, 2.75) is 25.8 Å². The summed E-state index contributed by atoms with van der Waals surface area (Å²) in [6, 6.07) is 4.04. The highest BCUT2D eigenvalue weighted by Gasteiger charge is 2.57. The summed E-state index contributed by atoms with van der Waals surface area (Å²) in [7, 11) is 1.64. The number of nitrogens with two attached hydrogens (primary N) is 1. The van der Waals surface area contributed by atoms with Crippen molar-refractivity contribution >= 4 is 29.1 Å². The van der Waals surface area contributed by atoms with Crippen LogP contribution in [0.3, 0.4) is 0 Å². The normalized spacial score (nSPS) is 25.5. The quantitative estimate of drug-likeness (QED) is 0.676. The van der Waals surface area contributed by atoms with E-state index >= 15 is 0 Å². The van der Waals surface area contributed by atoms with E-state index < -0.39 is 11.5 Å². The fourth-order valence-corrected chi connectivity index (χ4v) is 6.16. The average Bonchev–Trinajstić information content (AvgIpc) is 3.49. The van der Waals surface area contributed by atoms with E-state index in [2.05, 4.69) is 29.8 Å². The molecule has 7 nitrogen and oxygen atoms in total. The second-order valence-corrected chi connectivity index (χ2v) is 10.2. The Balaban J connectivity index is 1.54. The summed E-state index contributed by atoms with van der Waals surface area (Å²) < 4.78 is 0. The highest BCUT2D eigenvalue weighted by atomic mass is 32.1. The number of thiophene rings is 1. The molecule has 2 aliphatic heterocycles. The van der Waals surface area contributed by atoms with E-state index in [0.717, 1.165) is 27.1 Å². The first-order valence-corrected chi connectivity index (χ1v) is 12.5. The number of rotatable bonds is 3. The van der Waals surface area contributed by atoms with Crippen LogP contribution in [0.15, 0.2) is 58.7 Å². The lowest BCUT2D eigenvalue weighted by Crippen LogP contribution is -2.54. The lowest BCUT2D eigenvalue weighted by atomic mass is 9.83. The smallest absolute Gasteiger partial charge is 0.249 e. The molecule has 1 aliphatic carbocycles. The van der Waals surface area contributed by atoms with Crippen LogP contribution in [0, 0.1) is 23.7 Å². The maximum absolute atomic E-state index is 13.5. The van der Waals surface area contributed by atoms with Crippen LogP contribution in [0.25, 0.3) is 11.1 Å². The van der Waals surface area contributed by atoms with E-state index in [1.54, 1.807) is 31.3 Å². The number of amides is 2. The average molecular weight is 486 g/mol. The Morgan fingerprint density at radius 2 is 2.11 bits per heavy atom. The van der Waals surface area contributed by atoms with E-state index in [1.807, 2.05) is 29.7 Å². The molecule has 8 heteroatoms. The zero-order chi connectivity index (χ0) is 24.7. The number of guanidine groups is 1. The van der Waals surface area contributed by atoms with E-state index in [1.165, 1.54) is 16.2 Å². The molecule has 2 unspecified atom stereocenters. The van der Waals surface area contributed by atoms with Gasteiger partial charge >= 0.3 is 0 Å². The van der Waals surface area contributed by atoms with Gasteiger partial charge in [0.15, 0.2) is 5.96 Å². The third-order valence-electron chi connectivity index (χ3n) is 6.91. The van der Waals surface area contributed by atoms with Crippen molar-refractivity contribution in [3.05, 3.63) is 64.1 Å². The zero-order valence-electron chi connectivity index (χ0n) is 20.0. The maximum atomic E-state index is 13.5. The van der Waals surface area contributed by atoms with E-state index in [-0.39, 0.29) is 17.8 Å². The van der Waals surface area contributed by atoms with E-state index in [4.69, 9.17) is 10.7 Å². The predicted octanol–water partition coefficient (Wildman–Crippen LogP) is 3.14. The Kier molecular flexibility index (Phi) is 5.81. The fraction of sp³-hybridized carbons (Fsp3) is 0.333. The molecule has 35 heavy (non-hydrogen) atoms. The molecule has 5 rings (SSSR count). The fourth-order valence-electron chi connectivity index (χ4n) is 5.05. The van der Waals surface area contributed by atoms with E-state index in [9.17, 15) is 9.59 Å². The van der Waals surface area contributed by atoms with Gasteiger partial charge in [-0.1, -0.05) is 31.1 Å². The first-order valence-electron chi connectivity index (χ1n) is 11.6. The Bertz CT molecular complexity index is 1360. The number of aliphatic imine (C=N–C) groups is 1. The van der Waals surface area contributed by atoms with Crippen LogP contribution in [0.1, 0.15) is 30.7 Å². The lowest BCUT2D eigenvalue weighted by Gasteiger charge is -2.36. The van der Waals surface area contributed by atoms with Crippen LogP contribution in [-0.4, -0.2) is 52.7 Å². The van der Waals surface area contributed by atoms with Gasteiger partial charge in [0, 0.05) is 47.6 Å². The highest BCUT2D eigenvalue weighted by molar-refractivity contribution is 7.10. The second kappa shape index (κ2) is 8.82. The van der Waals surface area contributed by atoms with Crippen LogP contribution in [0.5, 0.6) is 0 Å². The van der Waals surface area contributed by atoms with Crippen molar-refractivity contribution in [1.82, 2.24) is 14.8 Å². The lowest BCUT2D eigenvalue weighted by molar-refractivity contribution is -0.133. The SMILES string of the molecule is CC#Cc1cncc(-c2csc([C@]34CN(C(=O)C5=CC=CC(C)C5)CC3C(=O)N(C)C(N)=N4)c2)c1. The Hall–Kier alpha value is -3.70. The van der Waals surface area contributed by atoms with Crippen molar-refractivity contribution in [1.29, 1.82) is 0 Å². The first kappa shape index (κ1) is 23.1. The minimum Gasteiger partial charge on any atom is -0.369 e. The Morgan fingerprint density at radius 3 is 2.89 bits per heavy atom. The molecule has 1 fully saturated rings. The summed E-state index contributed by atoms with van der Waals surface area (Å²) in [4.78, 5) is 40.1. The molecule has 3 atom stereocenters. The van der Waals surface area contributed by atoms with Crippen molar-refractivity contribution in [2.24, 2.45) is 22.6 Å². The van der Waals surface area contributed by atoms with Gasteiger partial charge in [0.1, 0.15) is 5.54 Å². The number of aromatic nitrogens is 1. The maximum Gasteiger partial charge on any atom is 0.249 e. The minimum absolute atomic E-state index is 0.0361. The third kappa shape index (κ3) is 3.96. The number of hydrogen-bond donors (Lipinski definition) is 1. The number of nitrogens with zero attached hydrogens (tertiary/aromatic N) is 4. The van der Waals surface area contributed by atoms with Crippen molar-refractivity contribution < 1.29 is 9.59 Å². The molecule has 0 saturated carbocycles. The van der Waals surface area contributed by atoms with Crippen LogP contribution < -0.4 is 5.73 Å². The number of carbonyl (C=O) groups excluding carboxylic acids is 2. The van der Waals surface area contributed by atoms with Gasteiger partial charge in [0.2, 0.25) is 11.8 Å². The summed E-state index contributed by atoms with van der Waals surface area (Å²) in [5.41, 5.74) is 8.83. The number of carbonyl (C=O) groups is 2. The monoisotopic (exact) mass is 485 g/mol. The minimum atomic E-state index is -0.906. The van der Waals surface area contributed by atoms with Crippen LogP contribution in [-0.2, 0) is 15.1 Å². The molecule has 0 bridgehead atoms. The van der Waals surface area contributed by atoms with Gasteiger partial charge in [0.05, 0.1) is 12.5 Å². The van der Waals surface area contributed by atoms with E-state index in [0.29, 0.717) is 25.4 Å².